The molecule has 0 unspecified atom stereocenters. The highest BCUT2D eigenvalue weighted by Crippen LogP contribution is 2.06. The summed E-state index contributed by atoms with van der Waals surface area (Å²) in [7, 11) is 0. The minimum absolute atomic E-state index is 0.0272. The molecule has 0 saturated carbocycles. The summed E-state index contributed by atoms with van der Waals surface area (Å²) in [5.74, 6) is -1.44. The van der Waals surface area contributed by atoms with E-state index in [1.807, 2.05) is 0 Å². The van der Waals surface area contributed by atoms with Gasteiger partial charge in [0.05, 0.1) is 5.57 Å². The van der Waals surface area contributed by atoms with Crippen molar-refractivity contribution in [2.75, 3.05) is 0 Å². The quantitative estimate of drug-likeness (QED) is 0.300. The lowest BCUT2D eigenvalue weighted by Crippen LogP contribution is -2.02. The van der Waals surface area contributed by atoms with Crippen molar-refractivity contribution in [2.24, 2.45) is 0 Å². The first-order chi connectivity index (χ1) is 7.57. The van der Waals surface area contributed by atoms with Crippen LogP contribution in [0.4, 0.5) is 0 Å². The second-order valence-corrected chi connectivity index (χ2v) is 3.76. The highest BCUT2D eigenvalue weighted by atomic mass is 16.5. The number of unbranched alkanes of at least 4 members (excludes halogenated alkanes) is 4. The maximum atomic E-state index is 11.1. The van der Waals surface area contributed by atoms with E-state index in [4.69, 9.17) is 5.11 Å². The number of hydrogen-bond donors (Lipinski definition) is 1. The first kappa shape index (κ1) is 14.7. The average Bonchev–Trinajstić information content (AvgIpc) is 2.25. The van der Waals surface area contributed by atoms with E-state index in [-0.39, 0.29) is 11.5 Å². The second kappa shape index (κ2) is 8.95. The van der Waals surface area contributed by atoms with E-state index in [1.165, 1.54) is 19.8 Å². The summed E-state index contributed by atoms with van der Waals surface area (Å²) in [6.07, 6.45) is 6.67. The number of ether oxygens (including phenoxy) is 1. The number of carbonyl (C=O) groups excluding carboxylic acids is 1. The summed E-state index contributed by atoms with van der Waals surface area (Å²) in [6, 6.07) is 0. The van der Waals surface area contributed by atoms with Crippen LogP contribution in [0, 0.1) is 0 Å². The lowest BCUT2D eigenvalue weighted by molar-refractivity contribution is -0.138. The van der Waals surface area contributed by atoms with Crippen molar-refractivity contribution in [3.05, 3.63) is 11.8 Å². The van der Waals surface area contributed by atoms with Crippen LogP contribution in [0.1, 0.15) is 52.4 Å². The van der Waals surface area contributed by atoms with Crippen molar-refractivity contribution in [3.63, 3.8) is 0 Å². The molecule has 0 heterocycles. The minimum Gasteiger partial charge on any atom is -0.478 e. The zero-order valence-corrected chi connectivity index (χ0v) is 9.99. The zero-order chi connectivity index (χ0) is 12.4. The fourth-order valence-corrected chi connectivity index (χ4v) is 1.14. The van der Waals surface area contributed by atoms with E-state index in [0.717, 1.165) is 25.5 Å². The highest BCUT2D eigenvalue weighted by Gasteiger charge is 2.04. The Labute approximate surface area is 96.3 Å². The summed E-state index contributed by atoms with van der Waals surface area (Å²) in [6.45, 7) is 3.52. The molecule has 0 saturated heterocycles. The summed E-state index contributed by atoms with van der Waals surface area (Å²) in [4.78, 5) is 21.5. The van der Waals surface area contributed by atoms with Gasteiger partial charge in [-0.1, -0.05) is 32.6 Å². The van der Waals surface area contributed by atoms with E-state index in [1.54, 1.807) is 0 Å². The minimum atomic E-state index is -1.07. The van der Waals surface area contributed by atoms with Crippen LogP contribution >= 0.6 is 0 Å². The van der Waals surface area contributed by atoms with Crippen LogP contribution in [0.25, 0.3) is 0 Å². The Morgan fingerprint density at radius 3 is 2.38 bits per heavy atom. The van der Waals surface area contributed by atoms with Crippen LogP contribution in [0.2, 0.25) is 0 Å². The van der Waals surface area contributed by atoms with Gasteiger partial charge in [-0.2, -0.15) is 0 Å². The molecule has 0 fully saturated rings. The SMILES string of the molecule is CCCCCCCC(=O)OC=C(C)C(=O)O. The molecule has 0 aliphatic carbocycles. The summed E-state index contributed by atoms with van der Waals surface area (Å²) >= 11 is 0. The van der Waals surface area contributed by atoms with Crippen LogP contribution < -0.4 is 0 Å². The number of esters is 1. The molecule has 0 aromatic rings. The molecule has 0 aromatic heterocycles. The predicted octanol–water partition coefficient (Wildman–Crippen LogP) is 2.88. The Balaban J connectivity index is 3.59. The lowest BCUT2D eigenvalue weighted by atomic mass is 10.1. The van der Waals surface area contributed by atoms with Gasteiger partial charge in [0.1, 0.15) is 6.26 Å². The third-order valence-electron chi connectivity index (χ3n) is 2.19. The van der Waals surface area contributed by atoms with E-state index < -0.39 is 5.97 Å². The van der Waals surface area contributed by atoms with Crippen molar-refractivity contribution in [2.45, 2.75) is 52.4 Å². The molecular weight excluding hydrogens is 208 g/mol. The van der Waals surface area contributed by atoms with E-state index >= 15 is 0 Å². The summed E-state index contributed by atoms with van der Waals surface area (Å²) < 4.78 is 4.69. The van der Waals surface area contributed by atoms with Gasteiger partial charge in [0.25, 0.3) is 0 Å². The molecule has 0 rings (SSSR count). The third kappa shape index (κ3) is 8.03. The Kier molecular flexibility index (Phi) is 8.21. The molecule has 16 heavy (non-hydrogen) atoms. The van der Waals surface area contributed by atoms with Gasteiger partial charge in [-0.05, 0) is 13.3 Å². The van der Waals surface area contributed by atoms with Crippen molar-refractivity contribution < 1.29 is 19.4 Å². The molecule has 0 spiro atoms. The molecule has 1 N–H and O–H groups in total. The molecule has 92 valence electrons. The van der Waals surface area contributed by atoms with Gasteiger partial charge in [0.15, 0.2) is 0 Å². The fourth-order valence-electron chi connectivity index (χ4n) is 1.14. The van der Waals surface area contributed by atoms with Crippen molar-refractivity contribution in [1.82, 2.24) is 0 Å². The van der Waals surface area contributed by atoms with E-state index in [0.29, 0.717) is 6.42 Å². The van der Waals surface area contributed by atoms with Crippen LogP contribution in [-0.4, -0.2) is 17.0 Å². The molecule has 0 atom stereocenters. The third-order valence-corrected chi connectivity index (χ3v) is 2.19. The molecule has 0 amide bonds. The van der Waals surface area contributed by atoms with Gasteiger partial charge in [-0.15, -0.1) is 0 Å². The normalized spacial score (nSPS) is 11.2. The van der Waals surface area contributed by atoms with Gasteiger partial charge >= 0.3 is 11.9 Å². The van der Waals surface area contributed by atoms with Gasteiger partial charge in [0, 0.05) is 6.42 Å². The number of rotatable bonds is 8. The zero-order valence-electron chi connectivity index (χ0n) is 9.99. The first-order valence-electron chi connectivity index (χ1n) is 5.67. The molecule has 4 nitrogen and oxygen atoms in total. The van der Waals surface area contributed by atoms with Crippen molar-refractivity contribution in [1.29, 1.82) is 0 Å². The molecule has 0 aliphatic heterocycles. The summed E-state index contributed by atoms with van der Waals surface area (Å²) in [5, 5.41) is 8.51. The average molecular weight is 228 g/mol. The predicted molar refractivity (Wildman–Crippen MR) is 60.9 cm³/mol. The lowest BCUT2D eigenvalue weighted by Gasteiger charge is -2.00. The number of carboxylic acid groups (broad SMARTS) is 1. The maximum absolute atomic E-state index is 11.1. The fraction of sp³-hybridized carbons (Fsp3) is 0.667. The van der Waals surface area contributed by atoms with Crippen LogP contribution in [0.3, 0.4) is 0 Å². The standard InChI is InChI=1S/C12H20O4/c1-3-4-5-6-7-8-11(13)16-9-10(2)12(14)15/h9H,3-8H2,1-2H3,(H,14,15). The molecule has 0 aliphatic rings. The van der Waals surface area contributed by atoms with E-state index in [9.17, 15) is 9.59 Å². The monoisotopic (exact) mass is 228 g/mol. The van der Waals surface area contributed by atoms with Gasteiger partial charge in [0.2, 0.25) is 0 Å². The molecule has 0 radical (unpaired) electrons. The Morgan fingerprint density at radius 2 is 1.81 bits per heavy atom. The first-order valence-corrected chi connectivity index (χ1v) is 5.67. The molecule has 0 aromatic carbocycles. The Hall–Kier alpha value is -1.32. The Morgan fingerprint density at radius 1 is 1.19 bits per heavy atom. The largest absolute Gasteiger partial charge is 0.478 e. The highest BCUT2D eigenvalue weighted by molar-refractivity contribution is 5.85. The molecule has 4 heteroatoms. The molecular formula is C12H20O4. The number of carboxylic acids is 1. The summed E-state index contributed by atoms with van der Waals surface area (Å²) in [5.41, 5.74) is 0.0272. The second-order valence-electron chi connectivity index (χ2n) is 3.76. The number of carbonyl (C=O) groups is 2. The van der Waals surface area contributed by atoms with Crippen molar-refractivity contribution in [3.8, 4) is 0 Å². The smallest absolute Gasteiger partial charge is 0.334 e. The van der Waals surface area contributed by atoms with Crippen molar-refractivity contribution >= 4 is 11.9 Å². The number of hydrogen-bond acceptors (Lipinski definition) is 3. The van der Waals surface area contributed by atoms with Gasteiger partial charge in [-0.3, -0.25) is 4.79 Å². The van der Waals surface area contributed by atoms with Gasteiger partial charge in [-0.25, -0.2) is 4.79 Å². The topological polar surface area (TPSA) is 63.6 Å². The maximum Gasteiger partial charge on any atom is 0.334 e. The number of aliphatic carboxylic acids is 1. The van der Waals surface area contributed by atoms with E-state index in [2.05, 4.69) is 11.7 Å². The van der Waals surface area contributed by atoms with Crippen LogP contribution in [-0.2, 0) is 14.3 Å². The Bertz CT molecular complexity index is 256. The van der Waals surface area contributed by atoms with Crippen LogP contribution in [0.5, 0.6) is 0 Å². The molecule has 0 bridgehead atoms. The van der Waals surface area contributed by atoms with Crippen LogP contribution in [0.15, 0.2) is 11.8 Å². The van der Waals surface area contributed by atoms with Gasteiger partial charge < -0.3 is 9.84 Å².